The zero-order valence-corrected chi connectivity index (χ0v) is 19.3. The topological polar surface area (TPSA) is 72.1 Å². The quantitative estimate of drug-likeness (QED) is 0.353. The van der Waals surface area contributed by atoms with Gasteiger partial charge in [0.05, 0.1) is 36.5 Å². The van der Waals surface area contributed by atoms with Crippen LogP contribution in [0.5, 0.6) is 11.5 Å². The van der Waals surface area contributed by atoms with Crippen molar-refractivity contribution in [1.82, 2.24) is 9.55 Å². The third kappa shape index (κ3) is 4.01. The van der Waals surface area contributed by atoms with Gasteiger partial charge in [0, 0.05) is 12.1 Å². The van der Waals surface area contributed by atoms with E-state index in [9.17, 15) is 14.0 Å². The van der Waals surface area contributed by atoms with Crippen molar-refractivity contribution >= 4 is 16.7 Å². The third-order valence-electron chi connectivity index (χ3n) is 5.92. The van der Waals surface area contributed by atoms with E-state index < -0.39 is 6.55 Å². The number of ether oxygens (including phenoxy) is 2. The summed E-state index contributed by atoms with van der Waals surface area (Å²) in [6, 6.07) is 15.0. The number of benzene rings is 3. The van der Waals surface area contributed by atoms with Gasteiger partial charge in [-0.2, -0.15) is 14.0 Å². The summed E-state index contributed by atoms with van der Waals surface area (Å²) in [7, 11) is 3.18. The molecule has 174 valence electrons. The van der Waals surface area contributed by atoms with Crippen LogP contribution in [-0.2, 0) is 6.54 Å². The number of nitrogens with one attached hydrogen (secondary N) is 1. The van der Waals surface area contributed by atoms with Gasteiger partial charge in [0.25, 0.3) is 0 Å². The van der Waals surface area contributed by atoms with Crippen molar-refractivity contribution in [3.63, 3.8) is 0 Å². The number of nitriles is 1. The lowest BCUT2D eigenvalue weighted by Crippen LogP contribution is -2.06. The number of nitrogens with zero attached hydrogens (tertiary/aromatic N) is 3. The minimum Gasteiger partial charge on any atom is -0.497 e. The molecule has 0 atom stereocenters. The average Bonchev–Trinajstić information content (AvgIpc) is 3.27. The van der Waals surface area contributed by atoms with E-state index in [1.165, 1.54) is 6.07 Å². The molecular formula is C26H24F2N4O2. The van der Waals surface area contributed by atoms with Gasteiger partial charge in [-0.05, 0) is 60.4 Å². The molecule has 0 saturated carbocycles. The predicted molar refractivity (Wildman–Crippen MR) is 127 cm³/mol. The van der Waals surface area contributed by atoms with Crippen LogP contribution in [0.15, 0.2) is 48.8 Å². The Morgan fingerprint density at radius 2 is 1.79 bits per heavy atom. The second kappa shape index (κ2) is 9.40. The minimum atomic E-state index is -2.78. The third-order valence-corrected chi connectivity index (χ3v) is 5.92. The minimum absolute atomic E-state index is 0.193. The Morgan fingerprint density at radius 1 is 1.06 bits per heavy atom. The molecule has 0 fully saturated rings. The summed E-state index contributed by atoms with van der Waals surface area (Å²) in [4.78, 5) is 4.34. The van der Waals surface area contributed by atoms with E-state index in [2.05, 4.69) is 16.4 Å². The Hall–Kier alpha value is -4.12. The normalized spacial score (nSPS) is 11.0. The summed E-state index contributed by atoms with van der Waals surface area (Å²) in [5, 5.41) is 13.3. The van der Waals surface area contributed by atoms with Crippen LogP contribution in [0.4, 0.5) is 14.5 Å². The number of hydrogen-bond donors (Lipinski definition) is 1. The van der Waals surface area contributed by atoms with Gasteiger partial charge in [0.1, 0.15) is 23.9 Å². The molecule has 0 spiro atoms. The van der Waals surface area contributed by atoms with E-state index in [0.717, 1.165) is 38.9 Å². The van der Waals surface area contributed by atoms with Crippen molar-refractivity contribution < 1.29 is 18.3 Å². The van der Waals surface area contributed by atoms with Crippen molar-refractivity contribution in [1.29, 1.82) is 5.26 Å². The van der Waals surface area contributed by atoms with Gasteiger partial charge in [-0.15, -0.1) is 0 Å². The van der Waals surface area contributed by atoms with E-state index >= 15 is 0 Å². The Kier molecular flexibility index (Phi) is 6.37. The summed E-state index contributed by atoms with van der Waals surface area (Å²) in [5.74, 6) is 1.40. The van der Waals surface area contributed by atoms with Gasteiger partial charge in [-0.25, -0.2) is 4.98 Å². The van der Waals surface area contributed by atoms with Crippen LogP contribution in [0.3, 0.4) is 0 Å². The van der Waals surface area contributed by atoms with Crippen LogP contribution in [0.1, 0.15) is 28.8 Å². The first-order chi connectivity index (χ1) is 16.4. The molecule has 8 heteroatoms. The standard InChI is InChI=1S/C26H24F2N4O2/c1-15-5-10-21(34-4)16(2)22(15)23-24(30-13-17-6-8-19(33-3)9-7-17)18(12-29)11-20-25(23)31-14-32(20)26(27)28/h5-11,14,26,30H,13H2,1-4H3. The van der Waals surface area contributed by atoms with Crippen LogP contribution in [0.2, 0.25) is 0 Å². The van der Waals surface area contributed by atoms with Gasteiger partial charge < -0.3 is 14.8 Å². The SMILES string of the molecule is COc1ccc(CNc2c(C#N)cc3c(ncn3C(F)F)c2-c2c(C)ccc(OC)c2C)cc1. The van der Waals surface area contributed by atoms with Crippen molar-refractivity contribution in [3.8, 4) is 28.7 Å². The smallest absolute Gasteiger partial charge is 0.320 e. The van der Waals surface area contributed by atoms with Gasteiger partial charge in [0.2, 0.25) is 0 Å². The molecule has 6 nitrogen and oxygen atoms in total. The molecule has 4 rings (SSSR count). The molecule has 1 N–H and O–H groups in total. The lowest BCUT2D eigenvalue weighted by molar-refractivity contribution is 0.0746. The van der Waals surface area contributed by atoms with Crippen LogP contribution < -0.4 is 14.8 Å². The number of imidazole rings is 1. The Balaban J connectivity index is 1.97. The first-order valence-electron chi connectivity index (χ1n) is 10.6. The summed E-state index contributed by atoms with van der Waals surface area (Å²) in [6.07, 6.45) is 1.11. The molecule has 0 unspecified atom stereocenters. The number of alkyl halides is 2. The van der Waals surface area contributed by atoms with E-state index in [0.29, 0.717) is 29.1 Å². The summed E-state index contributed by atoms with van der Waals surface area (Å²) < 4.78 is 38.9. The van der Waals surface area contributed by atoms with Crippen molar-refractivity contribution in [3.05, 3.63) is 71.0 Å². The summed E-state index contributed by atoms with van der Waals surface area (Å²) in [5.41, 5.74) is 5.45. The molecule has 0 saturated heterocycles. The van der Waals surface area contributed by atoms with Gasteiger partial charge in [0.15, 0.2) is 0 Å². The number of halogens is 2. The predicted octanol–water partition coefficient (Wildman–Crippen LogP) is 6.22. The zero-order valence-electron chi connectivity index (χ0n) is 19.3. The maximum atomic E-state index is 13.7. The molecule has 34 heavy (non-hydrogen) atoms. The van der Waals surface area contributed by atoms with Crippen LogP contribution >= 0.6 is 0 Å². The molecule has 0 aliphatic rings. The highest BCUT2D eigenvalue weighted by Gasteiger charge is 2.24. The first-order valence-corrected chi connectivity index (χ1v) is 10.6. The largest absolute Gasteiger partial charge is 0.497 e. The van der Waals surface area contributed by atoms with Crippen molar-refractivity contribution in [2.24, 2.45) is 0 Å². The fourth-order valence-corrected chi connectivity index (χ4v) is 4.21. The van der Waals surface area contributed by atoms with Gasteiger partial charge in [-0.1, -0.05) is 18.2 Å². The fourth-order valence-electron chi connectivity index (χ4n) is 4.21. The maximum absolute atomic E-state index is 13.7. The first kappa shape index (κ1) is 23.1. The van der Waals surface area contributed by atoms with E-state index in [1.807, 2.05) is 50.2 Å². The van der Waals surface area contributed by atoms with Crippen LogP contribution in [-0.4, -0.2) is 23.8 Å². The molecule has 0 aliphatic carbocycles. The van der Waals surface area contributed by atoms with E-state index in [4.69, 9.17) is 9.47 Å². The monoisotopic (exact) mass is 462 g/mol. The van der Waals surface area contributed by atoms with E-state index in [-0.39, 0.29) is 11.1 Å². The molecule has 4 aromatic rings. The van der Waals surface area contributed by atoms with Crippen molar-refractivity contribution in [2.45, 2.75) is 26.9 Å². The lowest BCUT2D eigenvalue weighted by Gasteiger charge is -2.20. The second-order valence-corrected chi connectivity index (χ2v) is 7.87. The number of methoxy groups -OCH3 is 2. The molecule has 0 radical (unpaired) electrons. The Labute approximate surface area is 196 Å². The number of rotatable bonds is 7. The molecule has 1 heterocycles. The Morgan fingerprint density at radius 3 is 2.41 bits per heavy atom. The molecule has 0 bridgehead atoms. The lowest BCUT2D eigenvalue weighted by atomic mass is 9.91. The molecule has 3 aromatic carbocycles. The number of hydrogen-bond acceptors (Lipinski definition) is 5. The van der Waals surface area contributed by atoms with E-state index in [1.54, 1.807) is 14.2 Å². The average molecular weight is 463 g/mol. The zero-order chi connectivity index (χ0) is 24.4. The second-order valence-electron chi connectivity index (χ2n) is 7.87. The van der Waals surface area contributed by atoms with Crippen molar-refractivity contribution in [2.75, 3.05) is 19.5 Å². The van der Waals surface area contributed by atoms with Crippen LogP contribution in [0, 0.1) is 25.2 Å². The van der Waals surface area contributed by atoms with Gasteiger partial charge >= 0.3 is 6.55 Å². The summed E-state index contributed by atoms with van der Waals surface area (Å²) >= 11 is 0. The van der Waals surface area contributed by atoms with Crippen LogP contribution in [0.25, 0.3) is 22.2 Å². The Bertz CT molecular complexity index is 1390. The number of fused-ring (bicyclic) bond motifs is 1. The fraction of sp³-hybridized carbons (Fsp3) is 0.231. The van der Waals surface area contributed by atoms with Gasteiger partial charge in [-0.3, -0.25) is 4.57 Å². The maximum Gasteiger partial charge on any atom is 0.320 e. The molecular weight excluding hydrogens is 438 g/mol. The number of aromatic nitrogens is 2. The summed E-state index contributed by atoms with van der Waals surface area (Å²) in [6.45, 7) is 1.47. The highest BCUT2D eigenvalue weighted by Crippen LogP contribution is 2.43. The molecule has 0 aliphatic heterocycles. The highest BCUT2D eigenvalue weighted by molar-refractivity contribution is 6.03. The highest BCUT2D eigenvalue weighted by atomic mass is 19.3. The number of anilines is 1. The number of aryl methyl sites for hydroxylation is 1. The molecule has 1 aromatic heterocycles. The molecule has 0 amide bonds.